The van der Waals surface area contributed by atoms with Gasteiger partial charge in [0.05, 0.1) is 0 Å². The summed E-state index contributed by atoms with van der Waals surface area (Å²) >= 11 is 3.51. The lowest BCUT2D eigenvalue weighted by Gasteiger charge is -2.17. The summed E-state index contributed by atoms with van der Waals surface area (Å²) in [6.07, 6.45) is -0.310. The van der Waals surface area contributed by atoms with E-state index in [1.807, 2.05) is 5.32 Å². The molecule has 0 aliphatic carbocycles. The van der Waals surface area contributed by atoms with Gasteiger partial charge in [-0.05, 0) is 0 Å². The molecule has 4 amide bonds. The van der Waals surface area contributed by atoms with Crippen molar-refractivity contribution in [2.45, 2.75) is 6.42 Å². The van der Waals surface area contributed by atoms with Crippen LogP contribution in [0.4, 0.5) is 4.79 Å². The molecule has 0 spiro atoms. The molecule has 0 radical (unpaired) electrons. The quantitative estimate of drug-likeness (QED) is 0.363. The molecule has 0 bridgehead atoms. The summed E-state index contributed by atoms with van der Waals surface area (Å²) in [6, 6.07) is -0.787. The maximum Gasteiger partial charge on any atom is 0.340 e. The number of imide groups is 2. The van der Waals surface area contributed by atoms with E-state index in [-0.39, 0.29) is 6.42 Å². The number of carbonyl (C=O) groups is 3. The molecule has 1 heterocycles. The van der Waals surface area contributed by atoms with Gasteiger partial charge >= 0.3 is 6.03 Å². The van der Waals surface area contributed by atoms with Crippen LogP contribution >= 0.6 is 12.8 Å². The Morgan fingerprint density at radius 3 is 2.50 bits per heavy atom. The lowest BCUT2D eigenvalue weighted by atomic mass is 10.3. The molecule has 54 valence electrons. The zero-order chi connectivity index (χ0) is 7.72. The minimum atomic E-state index is -0.787. The number of thiol groups is 1. The maximum absolute atomic E-state index is 10.6. The van der Waals surface area contributed by atoms with Crippen LogP contribution in [0.5, 0.6) is 0 Å². The first-order chi connectivity index (χ1) is 4.61. The smallest absolute Gasteiger partial charge is 0.276 e. The molecule has 1 N–H and O–H groups in total. The Bertz CT molecular complexity index is 195. The highest BCUT2D eigenvalue weighted by molar-refractivity contribution is 7.79. The van der Waals surface area contributed by atoms with Crippen LogP contribution in [0.1, 0.15) is 6.42 Å². The van der Waals surface area contributed by atoms with Gasteiger partial charge in [0.25, 0.3) is 0 Å². The molecule has 0 aromatic heterocycles. The highest BCUT2D eigenvalue weighted by atomic mass is 32.1. The van der Waals surface area contributed by atoms with E-state index in [1.54, 1.807) is 0 Å². The van der Waals surface area contributed by atoms with Crippen LogP contribution in [0.3, 0.4) is 0 Å². The number of rotatable bonds is 0. The second-order valence-corrected chi connectivity index (χ2v) is 2.14. The van der Waals surface area contributed by atoms with Crippen molar-refractivity contribution in [1.29, 1.82) is 0 Å². The number of barbiturate groups is 1. The summed E-state index contributed by atoms with van der Waals surface area (Å²) in [5.41, 5.74) is 0. The van der Waals surface area contributed by atoms with Crippen molar-refractivity contribution in [3.05, 3.63) is 0 Å². The first-order valence-corrected chi connectivity index (χ1v) is 2.87. The van der Waals surface area contributed by atoms with Gasteiger partial charge in [0.1, 0.15) is 6.42 Å². The molecular formula is C4H4N2O3S. The van der Waals surface area contributed by atoms with Gasteiger partial charge in [-0.25, -0.2) is 9.10 Å². The van der Waals surface area contributed by atoms with E-state index in [2.05, 4.69) is 12.8 Å². The summed E-state index contributed by atoms with van der Waals surface area (Å²) in [4.78, 5) is 31.5. The third-order valence-electron chi connectivity index (χ3n) is 0.987. The van der Waals surface area contributed by atoms with Crippen LogP contribution in [0.2, 0.25) is 0 Å². The van der Waals surface area contributed by atoms with Crippen molar-refractivity contribution in [1.82, 2.24) is 9.62 Å². The van der Waals surface area contributed by atoms with E-state index in [0.717, 1.165) is 0 Å². The van der Waals surface area contributed by atoms with E-state index in [4.69, 9.17) is 0 Å². The van der Waals surface area contributed by atoms with Crippen molar-refractivity contribution < 1.29 is 14.4 Å². The monoisotopic (exact) mass is 160 g/mol. The molecule has 1 aliphatic heterocycles. The summed E-state index contributed by atoms with van der Waals surface area (Å²) in [7, 11) is 0. The van der Waals surface area contributed by atoms with E-state index in [0.29, 0.717) is 4.31 Å². The SMILES string of the molecule is O=C1CC(=O)N(S)C(=O)N1. The number of nitrogens with one attached hydrogen (secondary N) is 1. The molecule has 0 saturated carbocycles. The van der Waals surface area contributed by atoms with Crippen LogP contribution in [-0.4, -0.2) is 22.2 Å². The minimum Gasteiger partial charge on any atom is -0.276 e. The third kappa shape index (κ3) is 1.10. The molecule has 0 atom stereocenters. The molecule has 0 aromatic carbocycles. The van der Waals surface area contributed by atoms with Gasteiger partial charge in [0, 0.05) is 0 Å². The Labute approximate surface area is 61.9 Å². The Balaban J connectivity index is 2.76. The Kier molecular flexibility index (Phi) is 1.62. The predicted octanol–water partition coefficient (Wildman–Crippen LogP) is -0.700. The maximum atomic E-state index is 10.6. The Morgan fingerprint density at radius 2 is 2.00 bits per heavy atom. The zero-order valence-corrected chi connectivity index (χ0v) is 5.72. The van der Waals surface area contributed by atoms with Gasteiger partial charge in [-0.15, -0.1) is 0 Å². The van der Waals surface area contributed by atoms with Gasteiger partial charge < -0.3 is 0 Å². The van der Waals surface area contributed by atoms with Gasteiger partial charge in [-0.2, -0.15) is 0 Å². The van der Waals surface area contributed by atoms with Gasteiger partial charge in [-0.3, -0.25) is 14.9 Å². The van der Waals surface area contributed by atoms with Crippen LogP contribution in [-0.2, 0) is 9.59 Å². The largest absolute Gasteiger partial charge is 0.340 e. The molecule has 10 heavy (non-hydrogen) atoms. The molecule has 0 unspecified atom stereocenters. The molecule has 1 aliphatic rings. The van der Waals surface area contributed by atoms with Crippen molar-refractivity contribution in [3.8, 4) is 0 Å². The minimum absolute atomic E-state index is 0.310. The van der Waals surface area contributed by atoms with Gasteiger partial charge in [-0.1, -0.05) is 12.8 Å². The third-order valence-corrected chi connectivity index (χ3v) is 1.39. The van der Waals surface area contributed by atoms with Crippen LogP contribution in [0.15, 0.2) is 0 Å². The fraction of sp³-hybridized carbons (Fsp3) is 0.250. The van der Waals surface area contributed by atoms with E-state index in [9.17, 15) is 14.4 Å². The number of hydrogen-bond donors (Lipinski definition) is 2. The standard InChI is InChI=1S/C4H4N2O3S/c7-2-1-3(8)6(10)4(9)5-2/h10H,1H2,(H,5,7,9). The normalized spacial score (nSPS) is 19.3. The highest BCUT2D eigenvalue weighted by Crippen LogP contribution is 2.03. The van der Waals surface area contributed by atoms with Crippen molar-refractivity contribution in [2.24, 2.45) is 0 Å². The predicted molar refractivity (Wildman–Crippen MR) is 34.0 cm³/mol. The Hall–Kier alpha value is -1.04. The second kappa shape index (κ2) is 2.30. The lowest BCUT2D eigenvalue weighted by molar-refractivity contribution is -0.132. The average molecular weight is 160 g/mol. The molecule has 1 rings (SSSR count). The Morgan fingerprint density at radius 1 is 1.40 bits per heavy atom. The highest BCUT2D eigenvalue weighted by Gasteiger charge is 2.28. The van der Waals surface area contributed by atoms with E-state index >= 15 is 0 Å². The van der Waals surface area contributed by atoms with Gasteiger partial charge in [0.2, 0.25) is 11.8 Å². The van der Waals surface area contributed by atoms with Crippen molar-refractivity contribution in [2.75, 3.05) is 0 Å². The van der Waals surface area contributed by atoms with Crippen molar-refractivity contribution >= 4 is 30.7 Å². The molecule has 1 saturated heterocycles. The summed E-state index contributed by atoms with van der Waals surface area (Å²) in [5, 5.41) is 1.91. The van der Waals surface area contributed by atoms with E-state index in [1.165, 1.54) is 0 Å². The fourth-order valence-electron chi connectivity index (χ4n) is 0.542. The molecule has 5 nitrogen and oxygen atoms in total. The summed E-state index contributed by atoms with van der Waals surface area (Å²) < 4.78 is 0.571. The number of hydrogen-bond acceptors (Lipinski definition) is 4. The zero-order valence-electron chi connectivity index (χ0n) is 4.83. The number of amides is 4. The number of urea groups is 1. The molecule has 0 aromatic rings. The first-order valence-electron chi connectivity index (χ1n) is 2.47. The van der Waals surface area contributed by atoms with Gasteiger partial charge in [0.15, 0.2) is 0 Å². The molecule has 1 fully saturated rings. The van der Waals surface area contributed by atoms with Crippen LogP contribution < -0.4 is 5.32 Å². The fourth-order valence-corrected chi connectivity index (χ4v) is 0.663. The molecular weight excluding hydrogens is 156 g/mol. The molecule has 6 heteroatoms. The second-order valence-electron chi connectivity index (χ2n) is 1.74. The van der Waals surface area contributed by atoms with Crippen LogP contribution in [0, 0.1) is 0 Å². The summed E-state index contributed by atoms with van der Waals surface area (Å²) in [5.74, 6) is -1.18. The van der Waals surface area contributed by atoms with Crippen LogP contribution in [0.25, 0.3) is 0 Å². The van der Waals surface area contributed by atoms with E-state index < -0.39 is 17.8 Å². The average Bonchev–Trinajstić information content (AvgIpc) is 1.82. The topological polar surface area (TPSA) is 66.5 Å². The number of carbonyl (C=O) groups excluding carboxylic acids is 3. The first kappa shape index (κ1) is 7.07. The van der Waals surface area contributed by atoms with Crippen molar-refractivity contribution in [3.63, 3.8) is 0 Å². The lowest BCUT2D eigenvalue weighted by Crippen LogP contribution is -2.48. The summed E-state index contributed by atoms with van der Waals surface area (Å²) in [6.45, 7) is 0. The number of nitrogens with zero attached hydrogens (tertiary/aromatic N) is 1.